The van der Waals surface area contributed by atoms with Gasteiger partial charge in [-0.05, 0) is 36.4 Å². The first-order valence-electron chi connectivity index (χ1n) is 6.22. The summed E-state index contributed by atoms with van der Waals surface area (Å²) in [6.45, 7) is 1.00. The molecule has 0 atom stereocenters. The van der Waals surface area contributed by atoms with Gasteiger partial charge in [-0.3, -0.25) is 0 Å². The van der Waals surface area contributed by atoms with E-state index in [2.05, 4.69) is 0 Å². The summed E-state index contributed by atoms with van der Waals surface area (Å²) >= 11 is 0. The molecule has 5 heteroatoms. The van der Waals surface area contributed by atoms with E-state index in [0.717, 1.165) is 16.9 Å². The number of fused-ring (bicyclic) bond motifs is 1. The van der Waals surface area contributed by atoms with Gasteiger partial charge in [0, 0.05) is 16.8 Å². The topological polar surface area (TPSA) is 53.7 Å². The SMILES string of the molecule is Nc1cc2c(c(COc3ccc(F)cc3)c1)OCOC2. The quantitative estimate of drug-likeness (QED) is 0.875. The highest BCUT2D eigenvalue weighted by Crippen LogP contribution is 2.31. The maximum absolute atomic E-state index is 12.8. The average molecular weight is 275 g/mol. The molecule has 1 aliphatic rings. The Morgan fingerprint density at radius 3 is 2.80 bits per heavy atom. The van der Waals surface area contributed by atoms with Gasteiger partial charge in [-0.15, -0.1) is 0 Å². The highest BCUT2D eigenvalue weighted by atomic mass is 19.1. The third-order valence-electron chi connectivity index (χ3n) is 3.02. The molecule has 3 rings (SSSR count). The molecule has 2 aromatic carbocycles. The standard InChI is InChI=1S/C15H14FNO3/c16-12-1-3-14(4-2-12)19-8-11-6-13(17)5-10-7-18-9-20-15(10)11/h1-6H,7-9,17H2. The van der Waals surface area contributed by atoms with Crippen molar-refractivity contribution < 1.29 is 18.6 Å². The van der Waals surface area contributed by atoms with Crippen LogP contribution in [0, 0.1) is 5.82 Å². The van der Waals surface area contributed by atoms with Crippen molar-refractivity contribution in [1.29, 1.82) is 0 Å². The molecular weight excluding hydrogens is 261 g/mol. The molecule has 104 valence electrons. The minimum Gasteiger partial charge on any atom is -0.489 e. The fourth-order valence-electron chi connectivity index (χ4n) is 2.13. The van der Waals surface area contributed by atoms with Gasteiger partial charge in [0.1, 0.15) is 23.9 Å². The van der Waals surface area contributed by atoms with Crippen LogP contribution in [0.15, 0.2) is 36.4 Å². The Bertz CT molecular complexity index is 613. The number of nitrogens with two attached hydrogens (primary N) is 1. The van der Waals surface area contributed by atoms with E-state index >= 15 is 0 Å². The van der Waals surface area contributed by atoms with E-state index in [1.807, 2.05) is 12.1 Å². The van der Waals surface area contributed by atoms with Crippen LogP contribution >= 0.6 is 0 Å². The van der Waals surface area contributed by atoms with Gasteiger partial charge in [0.15, 0.2) is 6.79 Å². The predicted molar refractivity (Wildman–Crippen MR) is 71.9 cm³/mol. The van der Waals surface area contributed by atoms with Crippen LogP contribution in [0.2, 0.25) is 0 Å². The molecular formula is C15H14FNO3. The van der Waals surface area contributed by atoms with E-state index in [4.69, 9.17) is 19.9 Å². The molecule has 4 nitrogen and oxygen atoms in total. The average Bonchev–Trinajstić information content (AvgIpc) is 2.46. The number of benzene rings is 2. The van der Waals surface area contributed by atoms with Crippen molar-refractivity contribution in [1.82, 2.24) is 0 Å². The molecule has 1 heterocycles. The smallest absolute Gasteiger partial charge is 0.189 e. The predicted octanol–water partition coefficient (Wildman–Crippen LogP) is 2.85. The summed E-state index contributed by atoms with van der Waals surface area (Å²) in [6, 6.07) is 9.52. The molecule has 0 fully saturated rings. The molecule has 0 saturated heterocycles. The molecule has 2 aromatic rings. The first-order valence-corrected chi connectivity index (χ1v) is 6.22. The highest BCUT2D eigenvalue weighted by molar-refractivity contribution is 5.53. The summed E-state index contributed by atoms with van der Waals surface area (Å²) in [4.78, 5) is 0. The normalized spacial score (nSPS) is 13.4. The third kappa shape index (κ3) is 2.67. The molecule has 0 amide bonds. The van der Waals surface area contributed by atoms with Gasteiger partial charge in [0.2, 0.25) is 0 Å². The molecule has 20 heavy (non-hydrogen) atoms. The summed E-state index contributed by atoms with van der Waals surface area (Å²) in [5.41, 5.74) is 8.26. The van der Waals surface area contributed by atoms with Gasteiger partial charge < -0.3 is 19.9 Å². The van der Waals surface area contributed by atoms with Gasteiger partial charge >= 0.3 is 0 Å². The molecule has 2 N–H and O–H groups in total. The molecule has 0 aliphatic carbocycles. The lowest BCUT2D eigenvalue weighted by molar-refractivity contribution is -0.0175. The van der Waals surface area contributed by atoms with Crippen LogP contribution in [0.25, 0.3) is 0 Å². The monoisotopic (exact) mass is 275 g/mol. The number of nitrogen functional groups attached to an aromatic ring is 1. The number of ether oxygens (including phenoxy) is 3. The van der Waals surface area contributed by atoms with E-state index in [0.29, 0.717) is 24.7 Å². The largest absolute Gasteiger partial charge is 0.489 e. The first kappa shape index (κ1) is 12.7. The lowest BCUT2D eigenvalue weighted by atomic mass is 10.1. The van der Waals surface area contributed by atoms with Gasteiger partial charge in [0.05, 0.1) is 6.61 Å². The minimum atomic E-state index is -0.292. The van der Waals surface area contributed by atoms with Crippen molar-refractivity contribution in [2.24, 2.45) is 0 Å². The second-order valence-electron chi connectivity index (χ2n) is 4.52. The second kappa shape index (κ2) is 5.38. The fourth-order valence-corrected chi connectivity index (χ4v) is 2.13. The van der Waals surface area contributed by atoms with E-state index in [1.54, 1.807) is 12.1 Å². The van der Waals surface area contributed by atoms with E-state index in [9.17, 15) is 4.39 Å². The zero-order valence-corrected chi connectivity index (χ0v) is 10.8. The Morgan fingerprint density at radius 1 is 1.20 bits per heavy atom. The first-order chi connectivity index (χ1) is 9.72. The Morgan fingerprint density at radius 2 is 2.00 bits per heavy atom. The number of hydrogen-bond donors (Lipinski definition) is 1. The second-order valence-corrected chi connectivity index (χ2v) is 4.52. The van der Waals surface area contributed by atoms with Crippen LogP contribution in [-0.2, 0) is 18.0 Å². The summed E-state index contributed by atoms with van der Waals surface area (Å²) in [7, 11) is 0. The molecule has 0 spiro atoms. The van der Waals surface area contributed by atoms with Crippen LogP contribution in [0.1, 0.15) is 11.1 Å². The number of anilines is 1. The van der Waals surface area contributed by atoms with Crippen molar-refractivity contribution in [2.75, 3.05) is 12.5 Å². The van der Waals surface area contributed by atoms with E-state index in [1.165, 1.54) is 12.1 Å². The fraction of sp³-hybridized carbons (Fsp3) is 0.200. The summed E-state index contributed by atoms with van der Waals surface area (Å²) in [6.07, 6.45) is 0. The highest BCUT2D eigenvalue weighted by Gasteiger charge is 2.16. The van der Waals surface area contributed by atoms with Gasteiger partial charge in [-0.25, -0.2) is 4.39 Å². The maximum Gasteiger partial charge on any atom is 0.189 e. The summed E-state index contributed by atoms with van der Waals surface area (Å²) in [5.74, 6) is 1.06. The van der Waals surface area contributed by atoms with Crippen LogP contribution in [0.4, 0.5) is 10.1 Å². The Kier molecular flexibility index (Phi) is 3.43. The molecule has 1 aliphatic heterocycles. The minimum absolute atomic E-state index is 0.223. The van der Waals surface area contributed by atoms with Crippen molar-refractivity contribution in [2.45, 2.75) is 13.2 Å². The molecule has 0 unspecified atom stereocenters. The van der Waals surface area contributed by atoms with Crippen LogP contribution < -0.4 is 15.2 Å². The van der Waals surface area contributed by atoms with Crippen LogP contribution in [-0.4, -0.2) is 6.79 Å². The van der Waals surface area contributed by atoms with Gasteiger partial charge in [0.25, 0.3) is 0 Å². The number of halogens is 1. The Hall–Kier alpha value is -2.27. The van der Waals surface area contributed by atoms with Gasteiger partial charge in [-0.2, -0.15) is 0 Å². The maximum atomic E-state index is 12.8. The van der Waals surface area contributed by atoms with Gasteiger partial charge in [-0.1, -0.05) is 0 Å². The number of hydrogen-bond acceptors (Lipinski definition) is 4. The molecule has 0 aromatic heterocycles. The zero-order chi connectivity index (χ0) is 13.9. The lowest BCUT2D eigenvalue weighted by Crippen LogP contribution is -2.14. The van der Waals surface area contributed by atoms with Crippen LogP contribution in [0.3, 0.4) is 0 Å². The van der Waals surface area contributed by atoms with E-state index < -0.39 is 0 Å². The molecule has 0 saturated carbocycles. The Balaban J connectivity index is 1.80. The van der Waals surface area contributed by atoms with Crippen molar-refractivity contribution in [3.8, 4) is 11.5 Å². The lowest BCUT2D eigenvalue weighted by Gasteiger charge is -2.21. The summed E-state index contributed by atoms with van der Waals surface area (Å²) in [5, 5.41) is 0. The molecule has 0 bridgehead atoms. The van der Waals surface area contributed by atoms with Crippen molar-refractivity contribution in [3.63, 3.8) is 0 Å². The zero-order valence-electron chi connectivity index (χ0n) is 10.8. The van der Waals surface area contributed by atoms with Crippen LogP contribution in [0.5, 0.6) is 11.5 Å². The third-order valence-corrected chi connectivity index (χ3v) is 3.02. The Labute approximate surface area is 115 Å². The summed E-state index contributed by atoms with van der Waals surface area (Å²) < 4.78 is 29.2. The van der Waals surface area contributed by atoms with Crippen molar-refractivity contribution >= 4 is 5.69 Å². The van der Waals surface area contributed by atoms with Crippen molar-refractivity contribution in [3.05, 3.63) is 53.3 Å². The molecule has 0 radical (unpaired) electrons. The number of rotatable bonds is 3. The van der Waals surface area contributed by atoms with E-state index in [-0.39, 0.29) is 12.6 Å².